The molecule has 0 saturated carbocycles. The molecule has 0 aliphatic heterocycles. The number of carbonyl (C=O) groups excluding carboxylic acids is 1. The summed E-state index contributed by atoms with van der Waals surface area (Å²) in [5.74, 6) is 0.423. The number of rotatable bonds is 5. The van der Waals surface area contributed by atoms with E-state index in [1.54, 1.807) is 0 Å². The van der Waals surface area contributed by atoms with Crippen LogP contribution in [0.5, 0.6) is 5.75 Å². The van der Waals surface area contributed by atoms with Crippen molar-refractivity contribution in [3.05, 3.63) is 35.0 Å². The average molecular weight is 291 g/mol. The van der Waals surface area contributed by atoms with Crippen molar-refractivity contribution in [2.75, 3.05) is 13.7 Å². The van der Waals surface area contributed by atoms with Crippen LogP contribution in [0.2, 0.25) is 0 Å². The van der Waals surface area contributed by atoms with Crippen molar-refractivity contribution < 1.29 is 14.3 Å². The molecule has 0 unspecified atom stereocenters. The summed E-state index contributed by atoms with van der Waals surface area (Å²) in [5.41, 5.74) is 1.32. The summed E-state index contributed by atoms with van der Waals surface area (Å²) in [5, 5.41) is 0.840. The van der Waals surface area contributed by atoms with Crippen LogP contribution >= 0.6 is 11.3 Å². The van der Waals surface area contributed by atoms with Crippen LogP contribution in [0.15, 0.2) is 24.3 Å². The van der Waals surface area contributed by atoms with E-state index in [9.17, 15) is 4.79 Å². The molecule has 2 rings (SSSR count). The number of carbonyl (C=O) groups is 1. The number of ether oxygens (including phenoxy) is 2. The monoisotopic (exact) mass is 291 g/mol. The molecule has 1 aromatic heterocycles. The van der Waals surface area contributed by atoms with Crippen LogP contribution in [0.1, 0.15) is 28.8 Å². The number of esters is 1. The third-order valence-electron chi connectivity index (χ3n) is 2.70. The van der Waals surface area contributed by atoms with Gasteiger partial charge in [0.05, 0.1) is 23.6 Å². The Hall–Kier alpha value is -1.88. The highest BCUT2D eigenvalue weighted by atomic mass is 32.1. The zero-order valence-electron chi connectivity index (χ0n) is 11.8. The lowest BCUT2D eigenvalue weighted by Gasteiger charge is -2.05. The van der Waals surface area contributed by atoms with Gasteiger partial charge in [0.2, 0.25) is 0 Å². The van der Waals surface area contributed by atoms with E-state index >= 15 is 0 Å². The molecule has 0 N–H and O–H groups in total. The van der Waals surface area contributed by atoms with Gasteiger partial charge in [-0.3, -0.25) is 0 Å². The van der Waals surface area contributed by atoms with Gasteiger partial charge in [0.1, 0.15) is 5.75 Å². The number of nitrogens with zero attached hydrogens (tertiary/aromatic N) is 1. The molecule has 0 aliphatic rings. The van der Waals surface area contributed by atoms with E-state index in [1.165, 1.54) is 18.4 Å². The molecule has 0 fully saturated rings. The lowest BCUT2D eigenvalue weighted by atomic mass is 10.1. The number of benzene rings is 1. The van der Waals surface area contributed by atoms with E-state index in [-0.39, 0.29) is 0 Å². The third kappa shape index (κ3) is 3.17. The quantitative estimate of drug-likeness (QED) is 0.788. The maximum atomic E-state index is 11.7. The molecule has 2 aromatic rings. The summed E-state index contributed by atoms with van der Waals surface area (Å²) < 4.78 is 10.3. The summed E-state index contributed by atoms with van der Waals surface area (Å²) in [6.07, 6.45) is 0.974. The van der Waals surface area contributed by atoms with Crippen LogP contribution in [0, 0.1) is 6.92 Å². The molecule has 1 heterocycles. The maximum absolute atomic E-state index is 11.7. The molecule has 0 aliphatic carbocycles. The highest BCUT2D eigenvalue weighted by Crippen LogP contribution is 2.31. The van der Waals surface area contributed by atoms with E-state index < -0.39 is 5.97 Å². The van der Waals surface area contributed by atoms with Crippen LogP contribution in [0.4, 0.5) is 0 Å². The third-order valence-corrected chi connectivity index (χ3v) is 3.72. The van der Waals surface area contributed by atoms with E-state index in [0.717, 1.165) is 27.6 Å². The second kappa shape index (κ2) is 6.52. The first-order valence-electron chi connectivity index (χ1n) is 6.44. The van der Waals surface area contributed by atoms with Gasteiger partial charge in [-0.1, -0.05) is 6.92 Å². The predicted molar refractivity (Wildman–Crippen MR) is 79.4 cm³/mol. The Morgan fingerprint density at radius 3 is 2.60 bits per heavy atom. The average Bonchev–Trinajstić information content (AvgIpc) is 2.87. The molecule has 0 bridgehead atoms. The molecule has 106 valence electrons. The number of hydrogen-bond donors (Lipinski definition) is 0. The van der Waals surface area contributed by atoms with Gasteiger partial charge >= 0.3 is 5.97 Å². The lowest BCUT2D eigenvalue weighted by molar-refractivity contribution is 0.0595. The van der Waals surface area contributed by atoms with Crippen molar-refractivity contribution in [1.29, 1.82) is 0 Å². The Bertz CT molecular complexity index is 590. The first kappa shape index (κ1) is 14.5. The summed E-state index contributed by atoms with van der Waals surface area (Å²) in [4.78, 5) is 16.8. The fraction of sp³-hybridized carbons (Fsp3) is 0.333. The van der Waals surface area contributed by atoms with Crippen LogP contribution in [0.3, 0.4) is 0 Å². The second-order valence-corrected chi connectivity index (χ2v) is 5.48. The molecular weight excluding hydrogens is 274 g/mol. The Balaban J connectivity index is 2.29. The van der Waals surface area contributed by atoms with Gasteiger partial charge in [0, 0.05) is 0 Å². The van der Waals surface area contributed by atoms with Gasteiger partial charge in [0.25, 0.3) is 0 Å². The second-order valence-electron chi connectivity index (χ2n) is 4.28. The molecule has 0 spiro atoms. The lowest BCUT2D eigenvalue weighted by Crippen LogP contribution is -2.03. The Kier molecular flexibility index (Phi) is 4.74. The van der Waals surface area contributed by atoms with Crippen LogP contribution in [0.25, 0.3) is 10.4 Å². The summed E-state index contributed by atoms with van der Waals surface area (Å²) in [6.45, 7) is 4.64. The van der Waals surface area contributed by atoms with Crippen LogP contribution in [-0.4, -0.2) is 24.7 Å². The highest BCUT2D eigenvalue weighted by molar-refractivity contribution is 7.15. The Morgan fingerprint density at radius 1 is 1.30 bits per heavy atom. The molecule has 0 amide bonds. The predicted octanol–water partition coefficient (Wildman–Crippen LogP) is 3.69. The van der Waals surface area contributed by atoms with Crippen molar-refractivity contribution in [2.45, 2.75) is 20.3 Å². The number of hydrogen-bond acceptors (Lipinski definition) is 5. The van der Waals surface area contributed by atoms with Gasteiger partial charge in [-0.15, -0.1) is 11.3 Å². The van der Waals surface area contributed by atoms with Crippen molar-refractivity contribution in [2.24, 2.45) is 0 Å². The van der Waals surface area contributed by atoms with E-state index in [4.69, 9.17) is 9.47 Å². The van der Waals surface area contributed by atoms with Crippen molar-refractivity contribution in [3.8, 4) is 16.2 Å². The first-order valence-corrected chi connectivity index (χ1v) is 7.26. The number of methoxy groups -OCH3 is 1. The molecule has 20 heavy (non-hydrogen) atoms. The summed E-state index contributed by atoms with van der Waals surface area (Å²) in [6, 6.07) is 7.68. The molecule has 0 radical (unpaired) electrons. The fourth-order valence-corrected chi connectivity index (χ4v) is 2.69. The smallest absolute Gasteiger partial charge is 0.358 e. The van der Waals surface area contributed by atoms with Crippen LogP contribution < -0.4 is 4.74 Å². The minimum Gasteiger partial charge on any atom is -0.494 e. The minimum atomic E-state index is -0.407. The molecule has 5 heteroatoms. The van der Waals surface area contributed by atoms with Gasteiger partial charge < -0.3 is 9.47 Å². The zero-order valence-corrected chi connectivity index (χ0v) is 12.6. The Labute approximate surface area is 122 Å². The summed E-state index contributed by atoms with van der Waals surface area (Å²) >= 11 is 1.48. The molecule has 1 aromatic carbocycles. The molecular formula is C15H17NO3S. The topological polar surface area (TPSA) is 48.4 Å². The normalized spacial score (nSPS) is 10.3. The molecule has 0 atom stereocenters. The van der Waals surface area contributed by atoms with Gasteiger partial charge in [-0.25, -0.2) is 9.78 Å². The molecule has 0 saturated heterocycles. The zero-order chi connectivity index (χ0) is 14.5. The maximum Gasteiger partial charge on any atom is 0.358 e. The van der Waals surface area contributed by atoms with Crippen molar-refractivity contribution >= 4 is 17.3 Å². The number of thiazole rings is 1. The van der Waals surface area contributed by atoms with Crippen molar-refractivity contribution in [3.63, 3.8) is 0 Å². The minimum absolute atomic E-state index is 0.372. The van der Waals surface area contributed by atoms with Crippen LogP contribution in [-0.2, 0) is 4.74 Å². The van der Waals surface area contributed by atoms with Gasteiger partial charge in [-0.05, 0) is 43.2 Å². The van der Waals surface area contributed by atoms with E-state index in [0.29, 0.717) is 12.3 Å². The Morgan fingerprint density at radius 2 is 2.00 bits per heavy atom. The van der Waals surface area contributed by atoms with E-state index in [2.05, 4.69) is 11.9 Å². The molecule has 4 nitrogen and oxygen atoms in total. The highest BCUT2D eigenvalue weighted by Gasteiger charge is 2.18. The van der Waals surface area contributed by atoms with Gasteiger partial charge in [0.15, 0.2) is 5.69 Å². The fourth-order valence-electron chi connectivity index (χ4n) is 1.78. The number of aryl methyl sites for hydroxylation is 1. The van der Waals surface area contributed by atoms with Crippen molar-refractivity contribution in [1.82, 2.24) is 4.98 Å². The standard InChI is InChI=1S/C15H17NO3S/c1-4-9-19-12-7-5-11(6-8-12)14-13(15(17)18-3)16-10(2)20-14/h5-8H,4,9H2,1-3H3. The largest absolute Gasteiger partial charge is 0.494 e. The SMILES string of the molecule is CCCOc1ccc(-c2sc(C)nc2C(=O)OC)cc1. The van der Waals surface area contributed by atoms with E-state index in [1.807, 2.05) is 31.2 Å². The van der Waals surface area contributed by atoms with Gasteiger partial charge in [-0.2, -0.15) is 0 Å². The summed E-state index contributed by atoms with van der Waals surface area (Å²) in [7, 11) is 1.36. The number of aromatic nitrogens is 1. The first-order chi connectivity index (χ1) is 9.65.